The third-order valence-electron chi connectivity index (χ3n) is 2.80. The molecule has 1 saturated heterocycles. The van der Waals surface area contributed by atoms with E-state index in [-0.39, 0.29) is 5.60 Å². The molecule has 2 heteroatoms. The lowest BCUT2D eigenvalue weighted by molar-refractivity contribution is -0.140. The molecule has 0 aromatic carbocycles. The zero-order chi connectivity index (χ0) is 7.90. The summed E-state index contributed by atoms with van der Waals surface area (Å²) in [6.07, 6.45) is 3.79. The summed E-state index contributed by atoms with van der Waals surface area (Å²) >= 11 is 0. The Morgan fingerprint density at radius 2 is 2.27 bits per heavy atom. The highest BCUT2D eigenvalue weighted by molar-refractivity contribution is 5.80. The minimum Gasteiger partial charge on any atom is -0.374 e. The number of hydrogen-bond donors (Lipinski definition) is 0. The smallest absolute Gasteiger partial charge is 0.138 e. The van der Waals surface area contributed by atoms with Gasteiger partial charge in [0.2, 0.25) is 0 Å². The van der Waals surface area contributed by atoms with Gasteiger partial charge in [0, 0.05) is 12.8 Å². The van der Waals surface area contributed by atoms with E-state index in [1.54, 1.807) is 0 Å². The van der Waals surface area contributed by atoms with E-state index < -0.39 is 0 Å². The quantitative estimate of drug-likeness (QED) is 0.572. The summed E-state index contributed by atoms with van der Waals surface area (Å²) < 4.78 is 5.64. The SMILES string of the molecule is C[C@@]1(C2CC2)CC(=O)CCO1. The molecule has 1 saturated carbocycles. The summed E-state index contributed by atoms with van der Waals surface area (Å²) in [5.41, 5.74) is -0.0880. The van der Waals surface area contributed by atoms with Crippen molar-refractivity contribution in [2.24, 2.45) is 5.92 Å². The van der Waals surface area contributed by atoms with Gasteiger partial charge in [-0.3, -0.25) is 4.79 Å². The predicted molar refractivity (Wildman–Crippen MR) is 41.3 cm³/mol. The number of rotatable bonds is 1. The van der Waals surface area contributed by atoms with Crippen LogP contribution in [-0.2, 0) is 9.53 Å². The molecular formula is C9H14O2. The molecule has 0 N–H and O–H groups in total. The standard InChI is InChI=1S/C9H14O2/c1-9(7-2-3-7)6-8(10)4-5-11-9/h7H,2-6H2,1H3/t9-/m0/s1. The molecule has 11 heavy (non-hydrogen) atoms. The summed E-state index contributed by atoms with van der Waals surface area (Å²) in [6, 6.07) is 0. The van der Waals surface area contributed by atoms with Gasteiger partial charge in [-0.1, -0.05) is 0 Å². The van der Waals surface area contributed by atoms with Gasteiger partial charge in [-0.05, 0) is 25.7 Å². The number of Topliss-reactive ketones (excluding diaryl/α,β-unsaturated/α-hetero) is 1. The minimum absolute atomic E-state index is 0.0880. The van der Waals surface area contributed by atoms with Gasteiger partial charge in [0.25, 0.3) is 0 Å². The Hall–Kier alpha value is -0.370. The second-order valence-electron chi connectivity index (χ2n) is 3.90. The third-order valence-corrected chi connectivity index (χ3v) is 2.80. The first-order valence-corrected chi connectivity index (χ1v) is 4.36. The predicted octanol–water partition coefficient (Wildman–Crippen LogP) is 1.53. The zero-order valence-electron chi connectivity index (χ0n) is 6.93. The lowest BCUT2D eigenvalue weighted by Crippen LogP contribution is -2.39. The number of ether oxygens (including phenoxy) is 1. The number of carbonyl (C=O) groups is 1. The molecule has 1 aliphatic carbocycles. The Morgan fingerprint density at radius 3 is 2.82 bits per heavy atom. The van der Waals surface area contributed by atoms with Crippen LogP contribution in [0.15, 0.2) is 0 Å². The molecule has 2 rings (SSSR count). The Bertz CT molecular complexity index is 184. The van der Waals surface area contributed by atoms with Crippen LogP contribution in [0.25, 0.3) is 0 Å². The normalized spacial score (nSPS) is 39.2. The Labute approximate surface area is 66.9 Å². The van der Waals surface area contributed by atoms with Crippen LogP contribution in [0.4, 0.5) is 0 Å². The van der Waals surface area contributed by atoms with Crippen molar-refractivity contribution in [1.82, 2.24) is 0 Å². The molecule has 1 aliphatic heterocycles. The maximum absolute atomic E-state index is 11.1. The van der Waals surface area contributed by atoms with Crippen LogP contribution in [0, 0.1) is 5.92 Å². The van der Waals surface area contributed by atoms with Crippen LogP contribution in [-0.4, -0.2) is 18.0 Å². The van der Waals surface area contributed by atoms with E-state index >= 15 is 0 Å². The summed E-state index contributed by atoms with van der Waals surface area (Å²) in [4.78, 5) is 11.1. The molecular weight excluding hydrogens is 140 g/mol. The van der Waals surface area contributed by atoms with Gasteiger partial charge in [0.15, 0.2) is 0 Å². The molecule has 2 fully saturated rings. The maximum atomic E-state index is 11.1. The van der Waals surface area contributed by atoms with Crippen LogP contribution >= 0.6 is 0 Å². The van der Waals surface area contributed by atoms with Gasteiger partial charge in [-0.2, -0.15) is 0 Å². The average Bonchev–Trinajstić information content (AvgIpc) is 2.66. The molecule has 0 bridgehead atoms. The molecule has 0 aromatic rings. The summed E-state index contributed by atoms with van der Waals surface area (Å²) in [7, 11) is 0. The molecule has 0 aromatic heterocycles. The van der Waals surface area contributed by atoms with E-state index in [2.05, 4.69) is 6.92 Å². The molecule has 1 atom stereocenters. The summed E-state index contributed by atoms with van der Waals surface area (Å²) in [6.45, 7) is 2.73. The van der Waals surface area contributed by atoms with Crippen LogP contribution in [0.2, 0.25) is 0 Å². The second-order valence-corrected chi connectivity index (χ2v) is 3.90. The van der Waals surface area contributed by atoms with Crippen molar-refractivity contribution in [3.63, 3.8) is 0 Å². The fraction of sp³-hybridized carbons (Fsp3) is 0.889. The largest absolute Gasteiger partial charge is 0.374 e. The Morgan fingerprint density at radius 1 is 1.55 bits per heavy atom. The molecule has 0 amide bonds. The molecule has 2 aliphatic rings. The topological polar surface area (TPSA) is 26.3 Å². The molecule has 0 radical (unpaired) electrons. The number of hydrogen-bond acceptors (Lipinski definition) is 2. The lowest BCUT2D eigenvalue weighted by atomic mass is 9.90. The fourth-order valence-corrected chi connectivity index (χ4v) is 1.89. The fourth-order valence-electron chi connectivity index (χ4n) is 1.89. The van der Waals surface area contributed by atoms with E-state index in [9.17, 15) is 4.79 Å². The molecule has 0 unspecified atom stereocenters. The highest BCUT2D eigenvalue weighted by atomic mass is 16.5. The van der Waals surface area contributed by atoms with Gasteiger partial charge in [-0.15, -0.1) is 0 Å². The van der Waals surface area contributed by atoms with E-state index in [0.29, 0.717) is 31.1 Å². The first-order chi connectivity index (χ1) is 5.21. The van der Waals surface area contributed by atoms with Gasteiger partial charge in [0.05, 0.1) is 12.2 Å². The van der Waals surface area contributed by atoms with Crippen LogP contribution in [0.3, 0.4) is 0 Å². The third kappa shape index (κ3) is 1.32. The van der Waals surface area contributed by atoms with Gasteiger partial charge < -0.3 is 4.74 Å². The van der Waals surface area contributed by atoms with E-state index in [4.69, 9.17) is 4.74 Å². The van der Waals surface area contributed by atoms with E-state index in [1.807, 2.05) is 0 Å². The van der Waals surface area contributed by atoms with E-state index in [0.717, 1.165) is 0 Å². The maximum Gasteiger partial charge on any atom is 0.138 e. The Balaban J connectivity index is 2.04. The lowest BCUT2D eigenvalue weighted by Gasteiger charge is -2.33. The van der Waals surface area contributed by atoms with Crippen molar-refractivity contribution < 1.29 is 9.53 Å². The number of carbonyl (C=O) groups excluding carboxylic acids is 1. The van der Waals surface area contributed by atoms with Crippen molar-refractivity contribution in [3.8, 4) is 0 Å². The zero-order valence-corrected chi connectivity index (χ0v) is 6.93. The van der Waals surface area contributed by atoms with Crippen molar-refractivity contribution in [3.05, 3.63) is 0 Å². The van der Waals surface area contributed by atoms with Crippen LogP contribution < -0.4 is 0 Å². The first kappa shape index (κ1) is 7.29. The summed E-state index contributed by atoms with van der Waals surface area (Å²) in [5, 5.41) is 0. The Kier molecular flexibility index (Phi) is 1.53. The minimum atomic E-state index is -0.0880. The van der Waals surface area contributed by atoms with Crippen molar-refractivity contribution in [1.29, 1.82) is 0 Å². The average molecular weight is 154 g/mol. The first-order valence-electron chi connectivity index (χ1n) is 4.36. The highest BCUT2D eigenvalue weighted by Gasteiger charge is 2.45. The monoisotopic (exact) mass is 154 g/mol. The van der Waals surface area contributed by atoms with Crippen LogP contribution in [0.5, 0.6) is 0 Å². The van der Waals surface area contributed by atoms with Gasteiger partial charge >= 0.3 is 0 Å². The van der Waals surface area contributed by atoms with Crippen molar-refractivity contribution in [2.45, 2.75) is 38.2 Å². The molecule has 62 valence electrons. The van der Waals surface area contributed by atoms with Crippen LogP contribution in [0.1, 0.15) is 32.6 Å². The number of ketones is 1. The molecule has 1 heterocycles. The summed E-state index contributed by atoms with van der Waals surface area (Å²) in [5.74, 6) is 1.05. The van der Waals surface area contributed by atoms with E-state index in [1.165, 1.54) is 12.8 Å². The van der Waals surface area contributed by atoms with Crippen molar-refractivity contribution in [2.75, 3.05) is 6.61 Å². The molecule has 0 spiro atoms. The van der Waals surface area contributed by atoms with Gasteiger partial charge in [-0.25, -0.2) is 0 Å². The highest BCUT2D eigenvalue weighted by Crippen LogP contribution is 2.45. The second kappa shape index (κ2) is 2.31. The van der Waals surface area contributed by atoms with Gasteiger partial charge in [0.1, 0.15) is 5.78 Å². The molecule has 2 nitrogen and oxygen atoms in total. The van der Waals surface area contributed by atoms with Crippen molar-refractivity contribution >= 4 is 5.78 Å².